The van der Waals surface area contributed by atoms with Gasteiger partial charge in [0.05, 0.1) is 6.61 Å². The minimum atomic E-state index is 0.513. The van der Waals surface area contributed by atoms with E-state index in [1.807, 2.05) is 42.5 Å². The molecule has 1 N–H and O–H groups in total. The average molecular weight is 357 g/mol. The van der Waals surface area contributed by atoms with E-state index in [9.17, 15) is 0 Å². The summed E-state index contributed by atoms with van der Waals surface area (Å²) in [5.41, 5.74) is 4.03. The first-order valence-corrected chi connectivity index (χ1v) is 9.09. The summed E-state index contributed by atoms with van der Waals surface area (Å²) in [5, 5.41) is 16.5. The SMILES string of the molecule is c1ccc(-c2nnc3ccc(Nc4ccc(C5CCOC5)cc4)nn23)cc1. The van der Waals surface area contributed by atoms with Gasteiger partial charge in [-0.15, -0.1) is 15.3 Å². The van der Waals surface area contributed by atoms with Crippen LogP contribution in [0.1, 0.15) is 17.9 Å². The Labute approximate surface area is 156 Å². The summed E-state index contributed by atoms with van der Waals surface area (Å²) in [4.78, 5) is 0. The molecule has 0 amide bonds. The lowest BCUT2D eigenvalue weighted by molar-refractivity contribution is 0.194. The van der Waals surface area contributed by atoms with Crippen molar-refractivity contribution in [1.82, 2.24) is 19.8 Å². The molecule has 6 nitrogen and oxygen atoms in total. The Bertz CT molecular complexity index is 1050. The quantitative estimate of drug-likeness (QED) is 0.597. The van der Waals surface area contributed by atoms with Gasteiger partial charge in [-0.25, -0.2) is 0 Å². The van der Waals surface area contributed by atoms with E-state index in [-0.39, 0.29) is 0 Å². The van der Waals surface area contributed by atoms with Gasteiger partial charge in [0.1, 0.15) is 0 Å². The predicted octanol–water partition coefficient (Wildman–Crippen LogP) is 4.04. The fraction of sp³-hybridized carbons (Fsp3) is 0.190. The molecule has 1 atom stereocenters. The van der Waals surface area contributed by atoms with E-state index in [1.165, 1.54) is 5.56 Å². The van der Waals surface area contributed by atoms with Gasteiger partial charge >= 0.3 is 0 Å². The van der Waals surface area contributed by atoms with Crippen molar-refractivity contribution >= 4 is 17.2 Å². The van der Waals surface area contributed by atoms with Gasteiger partial charge in [-0.2, -0.15) is 4.52 Å². The molecule has 27 heavy (non-hydrogen) atoms. The Balaban J connectivity index is 1.42. The van der Waals surface area contributed by atoms with Crippen LogP contribution >= 0.6 is 0 Å². The van der Waals surface area contributed by atoms with Crippen molar-refractivity contribution in [3.05, 3.63) is 72.3 Å². The molecule has 1 unspecified atom stereocenters. The van der Waals surface area contributed by atoms with Crippen molar-refractivity contribution in [2.75, 3.05) is 18.5 Å². The van der Waals surface area contributed by atoms with Gasteiger partial charge in [0.15, 0.2) is 17.3 Å². The Morgan fingerprint density at radius 3 is 2.56 bits per heavy atom. The van der Waals surface area contributed by atoms with Crippen LogP contribution in [0.15, 0.2) is 66.7 Å². The predicted molar refractivity (Wildman–Crippen MR) is 104 cm³/mol. The molecule has 0 aliphatic carbocycles. The van der Waals surface area contributed by atoms with Gasteiger partial charge in [-0.3, -0.25) is 0 Å². The molecule has 2 aromatic heterocycles. The van der Waals surface area contributed by atoms with Crippen molar-refractivity contribution < 1.29 is 4.74 Å². The van der Waals surface area contributed by atoms with Gasteiger partial charge in [-0.1, -0.05) is 42.5 Å². The maximum atomic E-state index is 5.48. The second-order valence-corrected chi connectivity index (χ2v) is 6.69. The van der Waals surface area contributed by atoms with Crippen molar-refractivity contribution in [2.45, 2.75) is 12.3 Å². The lowest BCUT2D eigenvalue weighted by Crippen LogP contribution is -2.01. The third-order valence-corrected chi connectivity index (χ3v) is 4.88. The normalized spacial score (nSPS) is 16.7. The molecule has 1 aliphatic heterocycles. The summed E-state index contributed by atoms with van der Waals surface area (Å²) in [7, 11) is 0. The maximum absolute atomic E-state index is 5.48. The van der Waals surface area contributed by atoms with Crippen molar-refractivity contribution in [2.24, 2.45) is 0 Å². The molecule has 0 bridgehead atoms. The third-order valence-electron chi connectivity index (χ3n) is 4.88. The molecular weight excluding hydrogens is 338 g/mol. The highest BCUT2D eigenvalue weighted by molar-refractivity contribution is 5.61. The fourth-order valence-electron chi connectivity index (χ4n) is 3.41. The highest BCUT2D eigenvalue weighted by atomic mass is 16.5. The summed E-state index contributed by atoms with van der Waals surface area (Å²) in [6, 6.07) is 22.3. The molecule has 1 saturated heterocycles. The number of fused-ring (bicyclic) bond motifs is 1. The Morgan fingerprint density at radius 1 is 0.926 bits per heavy atom. The molecule has 0 saturated carbocycles. The monoisotopic (exact) mass is 357 g/mol. The standard InChI is InChI=1S/C21H19N5O/c1-2-4-16(5-3-1)21-24-23-20-11-10-19(25-26(20)21)22-18-8-6-15(7-9-18)17-12-13-27-14-17/h1-11,17H,12-14H2,(H,22,25). The number of aromatic nitrogens is 4. The second-order valence-electron chi connectivity index (χ2n) is 6.69. The van der Waals surface area contributed by atoms with Crippen molar-refractivity contribution in [3.63, 3.8) is 0 Å². The van der Waals surface area contributed by atoms with Gasteiger partial charge < -0.3 is 10.1 Å². The zero-order chi connectivity index (χ0) is 18.1. The smallest absolute Gasteiger partial charge is 0.185 e. The number of hydrogen-bond donors (Lipinski definition) is 1. The van der Waals surface area contributed by atoms with Crippen LogP contribution in [-0.4, -0.2) is 33.0 Å². The summed E-state index contributed by atoms with van der Waals surface area (Å²) in [6.45, 7) is 1.68. The van der Waals surface area contributed by atoms with E-state index in [0.29, 0.717) is 5.92 Å². The highest BCUT2D eigenvalue weighted by Gasteiger charge is 2.17. The van der Waals surface area contributed by atoms with E-state index < -0.39 is 0 Å². The molecule has 0 spiro atoms. The minimum Gasteiger partial charge on any atom is -0.381 e. The van der Waals surface area contributed by atoms with E-state index in [4.69, 9.17) is 4.74 Å². The Kier molecular flexibility index (Phi) is 4.03. The van der Waals surface area contributed by atoms with Crippen LogP contribution in [0.4, 0.5) is 11.5 Å². The lowest BCUT2D eigenvalue weighted by Gasteiger charge is -2.10. The Morgan fingerprint density at radius 2 is 1.78 bits per heavy atom. The van der Waals surface area contributed by atoms with Gasteiger partial charge in [0.2, 0.25) is 0 Å². The lowest BCUT2D eigenvalue weighted by atomic mass is 9.98. The molecule has 6 heteroatoms. The van der Waals surface area contributed by atoms with Crippen molar-refractivity contribution in [1.29, 1.82) is 0 Å². The van der Waals surface area contributed by atoms with E-state index in [2.05, 4.69) is 44.9 Å². The molecule has 3 heterocycles. The number of nitrogens with zero attached hydrogens (tertiary/aromatic N) is 4. The fourth-order valence-corrected chi connectivity index (χ4v) is 3.41. The molecule has 4 aromatic rings. The van der Waals surface area contributed by atoms with Crippen molar-refractivity contribution in [3.8, 4) is 11.4 Å². The minimum absolute atomic E-state index is 0.513. The van der Waals surface area contributed by atoms with Crippen LogP contribution in [0.25, 0.3) is 17.0 Å². The van der Waals surface area contributed by atoms with Gasteiger partial charge in [0.25, 0.3) is 0 Å². The number of hydrogen-bond acceptors (Lipinski definition) is 5. The summed E-state index contributed by atoms with van der Waals surface area (Å²) >= 11 is 0. The molecule has 2 aromatic carbocycles. The maximum Gasteiger partial charge on any atom is 0.185 e. The van der Waals surface area contributed by atoms with E-state index in [0.717, 1.165) is 48.2 Å². The molecule has 1 aliphatic rings. The van der Waals surface area contributed by atoms with E-state index in [1.54, 1.807) is 4.52 Å². The topological polar surface area (TPSA) is 64.3 Å². The van der Waals surface area contributed by atoms with Gasteiger partial charge in [-0.05, 0) is 36.2 Å². The first-order chi connectivity index (χ1) is 13.4. The largest absolute Gasteiger partial charge is 0.381 e. The van der Waals surface area contributed by atoms with E-state index >= 15 is 0 Å². The first-order valence-electron chi connectivity index (χ1n) is 9.09. The van der Waals surface area contributed by atoms with Crippen LogP contribution in [0.5, 0.6) is 0 Å². The molecule has 134 valence electrons. The highest BCUT2D eigenvalue weighted by Crippen LogP contribution is 2.27. The Hall–Kier alpha value is -3.25. The molecular formula is C21H19N5O. The van der Waals surface area contributed by atoms with Crippen LogP contribution in [0.3, 0.4) is 0 Å². The zero-order valence-corrected chi connectivity index (χ0v) is 14.7. The number of ether oxygens (including phenoxy) is 1. The number of anilines is 2. The molecule has 1 fully saturated rings. The molecule has 5 rings (SSSR count). The summed E-state index contributed by atoms with van der Waals surface area (Å²) in [5.74, 6) is 1.99. The third kappa shape index (κ3) is 3.15. The summed E-state index contributed by atoms with van der Waals surface area (Å²) < 4.78 is 7.24. The summed E-state index contributed by atoms with van der Waals surface area (Å²) in [6.07, 6.45) is 1.10. The van der Waals surface area contributed by atoms with Gasteiger partial charge in [0, 0.05) is 23.8 Å². The number of benzene rings is 2. The average Bonchev–Trinajstić information content (AvgIpc) is 3.39. The number of rotatable bonds is 4. The zero-order valence-electron chi connectivity index (χ0n) is 14.7. The first kappa shape index (κ1) is 16.0. The van der Waals surface area contributed by atoms with Crippen LogP contribution in [0.2, 0.25) is 0 Å². The van der Waals surface area contributed by atoms with Crippen LogP contribution in [0, 0.1) is 0 Å². The number of nitrogens with one attached hydrogen (secondary N) is 1. The second kappa shape index (κ2) is 6.81. The van der Waals surface area contributed by atoms with Crippen LogP contribution in [-0.2, 0) is 4.74 Å². The van der Waals surface area contributed by atoms with Crippen LogP contribution < -0.4 is 5.32 Å². The molecule has 0 radical (unpaired) electrons.